The van der Waals surface area contributed by atoms with E-state index in [9.17, 15) is 19.7 Å². The van der Waals surface area contributed by atoms with Gasteiger partial charge in [-0.1, -0.05) is 24.3 Å². The monoisotopic (exact) mass is 335 g/mol. The van der Waals surface area contributed by atoms with Gasteiger partial charge in [-0.3, -0.25) is 19.7 Å². The molecular weight excluding hydrogens is 322 g/mol. The molecule has 0 spiro atoms. The number of anilines is 1. The van der Waals surface area contributed by atoms with Gasteiger partial charge in [0.1, 0.15) is 0 Å². The first-order chi connectivity index (χ1) is 12.0. The summed E-state index contributed by atoms with van der Waals surface area (Å²) < 4.78 is 0. The molecule has 0 radical (unpaired) electrons. The SMILES string of the molecule is O=C(c1cc(=O)[nH]c2ccccc12)N1CCc2ccc([N+](=O)[O-])cc21. The van der Waals surface area contributed by atoms with Crippen molar-refractivity contribution < 1.29 is 9.72 Å². The van der Waals surface area contributed by atoms with E-state index in [2.05, 4.69) is 4.98 Å². The van der Waals surface area contributed by atoms with Crippen molar-refractivity contribution in [2.24, 2.45) is 0 Å². The number of amides is 1. The van der Waals surface area contributed by atoms with Gasteiger partial charge in [0.2, 0.25) is 5.56 Å². The number of nitrogens with zero attached hydrogens (tertiary/aromatic N) is 2. The van der Waals surface area contributed by atoms with Gasteiger partial charge in [0.15, 0.2) is 0 Å². The molecule has 1 N–H and O–H groups in total. The Morgan fingerprint density at radius 3 is 2.76 bits per heavy atom. The van der Waals surface area contributed by atoms with E-state index in [0.29, 0.717) is 35.1 Å². The number of hydrogen-bond donors (Lipinski definition) is 1. The largest absolute Gasteiger partial charge is 0.322 e. The Morgan fingerprint density at radius 1 is 1.16 bits per heavy atom. The third-order valence-electron chi connectivity index (χ3n) is 4.40. The molecule has 0 aliphatic carbocycles. The van der Waals surface area contributed by atoms with Gasteiger partial charge in [0, 0.05) is 35.6 Å². The van der Waals surface area contributed by atoms with Crippen LogP contribution in [0.2, 0.25) is 0 Å². The second-order valence-corrected chi connectivity index (χ2v) is 5.87. The Kier molecular flexibility index (Phi) is 3.35. The standard InChI is InChI=1S/C18H13N3O4/c22-17-10-14(13-3-1-2-4-15(13)19-17)18(23)20-8-7-11-5-6-12(21(24)25)9-16(11)20/h1-6,9-10H,7-8H2,(H,19,22). The fraction of sp³-hybridized carbons (Fsp3) is 0.111. The minimum atomic E-state index is -0.482. The molecule has 1 aliphatic heterocycles. The van der Waals surface area contributed by atoms with E-state index in [1.165, 1.54) is 23.1 Å². The normalized spacial score (nSPS) is 13.0. The summed E-state index contributed by atoms with van der Waals surface area (Å²) in [5, 5.41) is 11.7. The van der Waals surface area contributed by atoms with E-state index in [1.54, 1.807) is 30.3 Å². The number of carbonyl (C=O) groups excluding carboxylic acids is 1. The number of H-pyrrole nitrogens is 1. The molecule has 0 saturated heterocycles. The molecule has 0 bridgehead atoms. The number of nitro benzene ring substituents is 1. The fourth-order valence-corrected chi connectivity index (χ4v) is 3.22. The van der Waals surface area contributed by atoms with E-state index in [0.717, 1.165) is 5.56 Å². The molecule has 1 aliphatic rings. The maximum absolute atomic E-state index is 13.1. The highest BCUT2D eigenvalue weighted by atomic mass is 16.6. The predicted octanol–water partition coefficient (Wildman–Crippen LogP) is 2.64. The molecular formula is C18H13N3O4. The van der Waals surface area contributed by atoms with Gasteiger partial charge in [0.25, 0.3) is 11.6 Å². The van der Waals surface area contributed by atoms with Crippen LogP contribution >= 0.6 is 0 Å². The molecule has 2 heterocycles. The molecule has 7 heteroatoms. The van der Waals surface area contributed by atoms with Crippen LogP contribution in [0.3, 0.4) is 0 Å². The van der Waals surface area contributed by atoms with Gasteiger partial charge in [-0.25, -0.2) is 0 Å². The molecule has 25 heavy (non-hydrogen) atoms. The van der Waals surface area contributed by atoms with Crippen LogP contribution in [-0.2, 0) is 6.42 Å². The van der Waals surface area contributed by atoms with Gasteiger partial charge >= 0.3 is 0 Å². The van der Waals surface area contributed by atoms with Crippen molar-refractivity contribution in [2.45, 2.75) is 6.42 Å². The third kappa shape index (κ3) is 2.46. The second kappa shape index (κ2) is 5.55. The maximum atomic E-state index is 13.1. The van der Waals surface area contributed by atoms with E-state index in [1.807, 2.05) is 0 Å². The van der Waals surface area contributed by atoms with Crippen LogP contribution in [0, 0.1) is 10.1 Å². The van der Waals surface area contributed by atoms with Crippen molar-refractivity contribution in [3.8, 4) is 0 Å². The van der Waals surface area contributed by atoms with Gasteiger partial charge < -0.3 is 9.88 Å². The number of nitro groups is 1. The van der Waals surface area contributed by atoms with Crippen LogP contribution in [0.4, 0.5) is 11.4 Å². The van der Waals surface area contributed by atoms with Crippen LogP contribution in [-0.4, -0.2) is 22.4 Å². The molecule has 7 nitrogen and oxygen atoms in total. The summed E-state index contributed by atoms with van der Waals surface area (Å²) in [6.45, 7) is 0.427. The van der Waals surface area contributed by atoms with Gasteiger partial charge in [0.05, 0.1) is 16.2 Å². The number of carbonyl (C=O) groups is 1. The number of aromatic nitrogens is 1. The summed E-state index contributed by atoms with van der Waals surface area (Å²) in [6, 6.07) is 12.9. The Bertz CT molecular complexity index is 1090. The summed E-state index contributed by atoms with van der Waals surface area (Å²) in [6.07, 6.45) is 0.625. The minimum Gasteiger partial charge on any atom is -0.322 e. The van der Waals surface area contributed by atoms with E-state index < -0.39 is 4.92 Å². The number of rotatable bonds is 2. The summed E-state index contributed by atoms with van der Waals surface area (Å²) in [5.74, 6) is -0.332. The molecule has 0 fully saturated rings. The van der Waals surface area contributed by atoms with Crippen LogP contribution in [0.25, 0.3) is 10.9 Å². The van der Waals surface area contributed by atoms with Crippen LogP contribution in [0.5, 0.6) is 0 Å². The highest BCUT2D eigenvalue weighted by Crippen LogP contribution is 2.33. The summed E-state index contributed by atoms with van der Waals surface area (Å²) in [4.78, 5) is 39.7. The third-order valence-corrected chi connectivity index (χ3v) is 4.40. The molecule has 4 rings (SSSR count). The summed E-state index contributed by atoms with van der Waals surface area (Å²) in [7, 11) is 0. The molecule has 2 aromatic carbocycles. The molecule has 3 aromatic rings. The number of hydrogen-bond acceptors (Lipinski definition) is 4. The maximum Gasteiger partial charge on any atom is 0.271 e. The molecule has 0 unspecified atom stereocenters. The number of para-hydroxylation sites is 1. The topological polar surface area (TPSA) is 96.3 Å². The highest BCUT2D eigenvalue weighted by Gasteiger charge is 2.28. The number of nitrogens with one attached hydrogen (secondary N) is 1. The van der Waals surface area contributed by atoms with Crippen molar-refractivity contribution in [1.29, 1.82) is 0 Å². The Labute approximate surface area is 141 Å². The smallest absolute Gasteiger partial charge is 0.271 e. The average Bonchev–Trinajstić information content (AvgIpc) is 3.03. The highest BCUT2D eigenvalue weighted by molar-refractivity contribution is 6.14. The van der Waals surface area contributed by atoms with Crippen molar-refractivity contribution in [2.75, 3.05) is 11.4 Å². The van der Waals surface area contributed by atoms with Crippen molar-refractivity contribution in [3.63, 3.8) is 0 Å². The molecule has 1 aromatic heterocycles. The Hall–Kier alpha value is -3.48. The van der Waals surface area contributed by atoms with Crippen molar-refractivity contribution in [3.05, 3.63) is 80.1 Å². The molecule has 0 atom stereocenters. The zero-order chi connectivity index (χ0) is 17.6. The van der Waals surface area contributed by atoms with Gasteiger partial charge in [-0.05, 0) is 18.1 Å². The number of fused-ring (bicyclic) bond motifs is 2. The average molecular weight is 335 g/mol. The fourth-order valence-electron chi connectivity index (χ4n) is 3.22. The van der Waals surface area contributed by atoms with Crippen LogP contribution in [0.15, 0.2) is 53.3 Å². The summed E-state index contributed by atoms with van der Waals surface area (Å²) >= 11 is 0. The lowest BCUT2D eigenvalue weighted by atomic mass is 10.1. The molecule has 1 amide bonds. The zero-order valence-electron chi connectivity index (χ0n) is 13.1. The molecule has 124 valence electrons. The molecule has 0 saturated carbocycles. The van der Waals surface area contributed by atoms with Crippen LogP contribution < -0.4 is 10.5 Å². The number of non-ortho nitro benzene ring substituents is 1. The zero-order valence-corrected chi connectivity index (χ0v) is 13.1. The number of aromatic amines is 1. The van der Waals surface area contributed by atoms with Gasteiger partial charge in [-0.15, -0.1) is 0 Å². The van der Waals surface area contributed by atoms with Crippen LogP contribution in [0.1, 0.15) is 15.9 Å². The quantitative estimate of drug-likeness (QED) is 0.575. The van der Waals surface area contributed by atoms with E-state index in [4.69, 9.17) is 0 Å². The van der Waals surface area contributed by atoms with Gasteiger partial charge in [-0.2, -0.15) is 0 Å². The summed E-state index contributed by atoms with van der Waals surface area (Å²) in [5.41, 5.74) is 1.86. The van der Waals surface area contributed by atoms with Crippen molar-refractivity contribution in [1.82, 2.24) is 4.98 Å². The van der Waals surface area contributed by atoms with E-state index in [-0.39, 0.29) is 17.2 Å². The minimum absolute atomic E-state index is 0.0609. The second-order valence-electron chi connectivity index (χ2n) is 5.87. The first-order valence-corrected chi connectivity index (χ1v) is 7.76. The van der Waals surface area contributed by atoms with Crippen molar-refractivity contribution >= 4 is 28.2 Å². The Balaban J connectivity index is 1.84. The lowest BCUT2D eigenvalue weighted by molar-refractivity contribution is -0.384. The number of benzene rings is 2. The first kappa shape index (κ1) is 15.1. The first-order valence-electron chi connectivity index (χ1n) is 7.76. The predicted molar refractivity (Wildman–Crippen MR) is 93.0 cm³/mol. The lowest BCUT2D eigenvalue weighted by Crippen LogP contribution is -2.30. The number of pyridine rings is 1. The Morgan fingerprint density at radius 2 is 1.96 bits per heavy atom. The lowest BCUT2D eigenvalue weighted by Gasteiger charge is -2.18. The van der Waals surface area contributed by atoms with E-state index >= 15 is 0 Å².